The second-order valence-electron chi connectivity index (χ2n) is 8.41. The fourth-order valence-corrected chi connectivity index (χ4v) is 4.43. The van der Waals surface area contributed by atoms with Gasteiger partial charge in [0, 0.05) is 34.7 Å². The molecule has 6 heteroatoms. The SMILES string of the molecule is C=NCc1ccc2c3c([nH]c2c1)C(C)(C)c1cc(OCCOCCOC)ccc1C3O. The van der Waals surface area contributed by atoms with Crippen molar-refractivity contribution in [2.75, 3.05) is 33.5 Å². The summed E-state index contributed by atoms with van der Waals surface area (Å²) < 4.78 is 16.3. The molecule has 2 N–H and O–H groups in total. The number of benzene rings is 2. The standard InChI is InChI=1S/C25H30N2O4/c1-25(2)20-14-17(31-12-11-30-10-9-29-4)6-8-18(20)23(28)22-19-7-5-16(15-26-3)13-21(19)27-24(22)25/h5-8,13-14,23,27-28H,3,9-12,15H2,1-2,4H3. The Balaban J connectivity index is 1.63. The Morgan fingerprint density at radius 1 is 1.10 bits per heavy atom. The molecule has 6 nitrogen and oxygen atoms in total. The molecule has 0 bridgehead atoms. The average Bonchev–Trinajstić information content (AvgIpc) is 3.15. The Morgan fingerprint density at radius 2 is 1.90 bits per heavy atom. The highest BCUT2D eigenvalue weighted by Gasteiger charge is 2.39. The van der Waals surface area contributed by atoms with Gasteiger partial charge in [-0.3, -0.25) is 4.99 Å². The van der Waals surface area contributed by atoms with Crippen LogP contribution in [0.25, 0.3) is 10.9 Å². The molecular weight excluding hydrogens is 392 g/mol. The molecule has 1 unspecified atom stereocenters. The van der Waals surface area contributed by atoms with Gasteiger partial charge in [0.15, 0.2) is 0 Å². The van der Waals surface area contributed by atoms with Crippen LogP contribution in [-0.4, -0.2) is 50.3 Å². The minimum atomic E-state index is -0.693. The minimum Gasteiger partial charge on any atom is -0.491 e. The molecule has 3 aromatic rings. The smallest absolute Gasteiger partial charge is 0.119 e. The van der Waals surface area contributed by atoms with Crippen LogP contribution in [0, 0.1) is 0 Å². The van der Waals surface area contributed by atoms with Crippen molar-refractivity contribution in [1.29, 1.82) is 0 Å². The van der Waals surface area contributed by atoms with Crippen LogP contribution in [0.1, 0.15) is 47.9 Å². The summed E-state index contributed by atoms with van der Waals surface area (Å²) >= 11 is 0. The second-order valence-corrected chi connectivity index (χ2v) is 8.41. The molecule has 0 aliphatic heterocycles. The number of aliphatic hydroxyl groups excluding tert-OH is 1. The lowest BCUT2D eigenvalue weighted by molar-refractivity contribution is 0.0544. The van der Waals surface area contributed by atoms with Gasteiger partial charge in [-0.05, 0) is 41.6 Å². The van der Waals surface area contributed by atoms with E-state index in [2.05, 4.69) is 42.7 Å². The van der Waals surface area contributed by atoms with E-state index >= 15 is 0 Å². The summed E-state index contributed by atoms with van der Waals surface area (Å²) in [5, 5.41) is 12.3. The van der Waals surface area contributed by atoms with Gasteiger partial charge in [-0.2, -0.15) is 0 Å². The number of ether oxygens (including phenoxy) is 3. The van der Waals surface area contributed by atoms with E-state index < -0.39 is 6.10 Å². The molecule has 0 radical (unpaired) electrons. The number of aliphatic imine (C=N–C) groups is 1. The Hall–Kier alpha value is -2.67. The molecule has 4 rings (SSSR count). The Morgan fingerprint density at radius 3 is 2.68 bits per heavy atom. The summed E-state index contributed by atoms with van der Waals surface area (Å²) in [6.07, 6.45) is -0.693. The average molecular weight is 423 g/mol. The zero-order chi connectivity index (χ0) is 22.0. The van der Waals surface area contributed by atoms with Crippen LogP contribution in [0.4, 0.5) is 0 Å². The molecule has 1 aliphatic carbocycles. The number of aromatic amines is 1. The van der Waals surface area contributed by atoms with E-state index in [0.717, 1.165) is 44.6 Å². The summed E-state index contributed by atoms with van der Waals surface area (Å²) in [4.78, 5) is 7.56. The lowest BCUT2D eigenvalue weighted by atomic mass is 9.70. The van der Waals surface area contributed by atoms with Gasteiger partial charge in [-0.15, -0.1) is 0 Å². The van der Waals surface area contributed by atoms with E-state index in [9.17, 15) is 5.11 Å². The normalized spacial score (nSPS) is 16.7. The maximum Gasteiger partial charge on any atom is 0.119 e. The van der Waals surface area contributed by atoms with Crippen molar-refractivity contribution < 1.29 is 19.3 Å². The van der Waals surface area contributed by atoms with Gasteiger partial charge >= 0.3 is 0 Å². The molecule has 31 heavy (non-hydrogen) atoms. The highest BCUT2D eigenvalue weighted by Crippen LogP contribution is 2.49. The number of aliphatic hydroxyl groups is 1. The Kier molecular flexibility index (Phi) is 6.14. The quantitative estimate of drug-likeness (QED) is 0.402. The van der Waals surface area contributed by atoms with Crippen molar-refractivity contribution in [3.05, 3.63) is 64.3 Å². The first-order valence-electron chi connectivity index (χ1n) is 10.6. The molecule has 0 amide bonds. The maximum atomic E-state index is 11.3. The van der Waals surface area contributed by atoms with Crippen molar-refractivity contribution in [3.63, 3.8) is 0 Å². The number of hydrogen-bond donors (Lipinski definition) is 2. The molecule has 1 heterocycles. The molecule has 1 aliphatic rings. The van der Waals surface area contributed by atoms with E-state index in [-0.39, 0.29) is 5.41 Å². The molecule has 1 atom stereocenters. The number of methoxy groups -OCH3 is 1. The molecule has 2 aromatic carbocycles. The number of rotatable bonds is 9. The molecule has 1 aromatic heterocycles. The highest BCUT2D eigenvalue weighted by atomic mass is 16.5. The van der Waals surface area contributed by atoms with Crippen molar-refractivity contribution >= 4 is 17.6 Å². The van der Waals surface area contributed by atoms with Gasteiger partial charge in [-0.1, -0.05) is 32.0 Å². The largest absolute Gasteiger partial charge is 0.491 e. The van der Waals surface area contributed by atoms with E-state index in [1.54, 1.807) is 7.11 Å². The van der Waals surface area contributed by atoms with Gasteiger partial charge in [0.1, 0.15) is 18.5 Å². The van der Waals surface area contributed by atoms with Gasteiger partial charge < -0.3 is 24.3 Å². The molecule has 0 saturated carbocycles. The van der Waals surface area contributed by atoms with Crippen LogP contribution in [0.2, 0.25) is 0 Å². The van der Waals surface area contributed by atoms with E-state index in [1.165, 1.54) is 0 Å². The Labute approximate surface area is 182 Å². The van der Waals surface area contributed by atoms with Crippen molar-refractivity contribution in [1.82, 2.24) is 4.98 Å². The zero-order valence-electron chi connectivity index (χ0n) is 18.4. The number of fused-ring (bicyclic) bond motifs is 4. The first kappa shape index (κ1) is 21.6. The van der Waals surface area contributed by atoms with Crippen molar-refractivity contribution in [2.45, 2.75) is 31.9 Å². The Bertz CT molecular complexity index is 1090. The van der Waals surface area contributed by atoms with Crippen molar-refractivity contribution in [3.8, 4) is 5.75 Å². The van der Waals surface area contributed by atoms with E-state index in [0.29, 0.717) is 33.0 Å². The van der Waals surface area contributed by atoms with Crippen LogP contribution in [0.5, 0.6) is 5.75 Å². The minimum absolute atomic E-state index is 0.311. The van der Waals surface area contributed by atoms with E-state index in [1.807, 2.05) is 24.3 Å². The van der Waals surface area contributed by atoms with Crippen LogP contribution in [0.15, 0.2) is 41.4 Å². The van der Waals surface area contributed by atoms with Gasteiger partial charge in [0.05, 0.1) is 26.4 Å². The van der Waals surface area contributed by atoms with Gasteiger partial charge in [0.2, 0.25) is 0 Å². The fourth-order valence-electron chi connectivity index (χ4n) is 4.43. The molecule has 0 saturated heterocycles. The summed E-state index contributed by atoms with van der Waals surface area (Å²) in [6.45, 7) is 10.6. The monoisotopic (exact) mass is 422 g/mol. The third kappa shape index (κ3) is 3.99. The first-order valence-corrected chi connectivity index (χ1v) is 10.6. The number of H-pyrrole nitrogens is 1. The lowest BCUT2D eigenvalue weighted by Crippen LogP contribution is -2.29. The summed E-state index contributed by atoms with van der Waals surface area (Å²) in [7, 11) is 1.65. The van der Waals surface area contributed by atoms with Crippen LogP contribution < -0.4 is 4.74 Å². The predicted molar refractivity (Wildman–Crippen MR) is 122 cm³/mol. The molecule has 0 fully saturated rings. The highest BCUT2D eigenvalue weighted by molar-refractivity contribution is 5.88. The number of aromatic nitrogens is 1. The number of nitrogens with one attached hydrogen (secondary N) is 1. The summed E-state index contributed by atoms with van der Waals surface area (Å²) in [5.74, 6) is 0.772. The third-order valence-corrected chi connectivity index (χ3v) is 6.02. The summed E-state index contributed by atoms with van der Waals surface area (Å²) in [6, 6.07) is 12.1. The lowest BCUT2D eigenvalue weighted by Gasteiger charge is -2.35. The molecule has 164 valence electrons. The summed E-state index contributed by atoms with van der Waals surface area (Å²) in [5.41, 5.74) is 5.75. The third-order valence-electron chi connectivity index (χ3n) is 6.02. The fraction of sp³-hybridized carbons (Fsp3) is 0.400. The molecular formula is C25H30N2O4. The first-order chi connectivity index (χ1) is 15.0. The molecule has 0 spiro atoms. The predicted octanol–water partition coefficient (Wildman–Crippen LogP) is 4.13. The van der Waals surface area contributed by atoms with Crippen LogP contribution in [-0.2, 0) is 21.4 Å². The topological polar surface area (TPSA) is 76.1 Å². The van der Waals surface area contributed by atoms with E-state index in [4.69, 9.17) is 14.2 Å². The number of nitrogens with zero attached hydrogens (tertiary/aromatic N) is 1. The zero-order valence-corrected chi connectivity index (χ0v) is 18.4. The van der Waals surface area contributed by atoms with Gasteiger partial charge in [0.25, 0.3) is 0 Å². The second kappa shape index (κ2) is 8.83. The van der Waals surface area contributed by atoms with Crippen LogP contribution in [0.3, 0.4) is 0 Å². The van der Waals surface area contributed by atoms with Crippen LogP contribution >= 0.6 is 0 Å². The van der Waals surface area contributed by atoms with Gasteiger partial charge in [-0.25, -0.2) is 0 Å². The maximum absolute atomic E-state index is 11.3. The number of hydrogen-bond acceptors (Lipinski definition) is 5. The van der Waals surface area contributed by atoms with Crippen molar-refractivity contribution in [2.24, 2.45) is 4.99 Å².